The number of β-lactam (4-membered cyclic amide) rings is 1. The fourth-order valence-electron chi connectivity index (χ4n) is 4.11. The predicted molar refractivity (Wildman–Crippen MR) is 137 cm³/mol. The van der Waals surface area contributed by atoms with Gasteiger partial charge < -0.3 is 26.0 Å². The maximum Gasteiger partial charge on any atom is 0.433 e. The van der Waals surface area contributed by atoms with Crippen molar-refractivity contribution in [1.29, 1.82) is 0 Å². The number of nitrogen functional groups attached to an aromatic ring is 1. The monoisotopic (exact) mass is 573 g/mol. The summed E-state index contributed by atoms with van der Waals surface area (Å²) in [6.07, 6.45) is 0.921. The first-order valence-corrected chi connectivity index (χ1v) is 13.4. The summed E-state index contributed by atoms with van der Waals surface area (Å²) in [5, 5.41) is 24.2. The predicted octanol–water partition coefficient (Wildman–Crippen LogP) is 0.0430. The number of carboxylic acids is 1. The van der Waals surface area contributed by atoms with Crippen LogP contribution in [0.2, 0.25) is 0 Å². The van der Waals surface area contributed by atoms with E-state index in [4.69, 9.17) is 5.73 Å². The molecule has 2 atom stereocenters. The molecule has 17 heteroatoms. The molecule has 5 heterocycles. The number of fused-ring (bicyclic) bond motifs is 2. The van der Waals surface area contributed by atoms with Crippen LogP contribution >= 0.6 is 23.1 Å². The molecule has 0 aliphatic carbocycles. The van der Waals surface area contributed by atoms with Gasteiger partial charge in [0.2, 0.25) is 11.5 Å². The lowest BCUT2D eigenvalue weighted by Gasteiger charge is -2.49. The summed E-state index contributed by atoms with van der Waals surface area (Å²) in [5.41, 5.74) is 5.31. The maximum atomic E-state index is 13.1. The lowest BCUT2D eigenvalue weighted by molar-refractivity contribution is -0.661. The third-order valence-electron chi connectivity index (χ3n) is 5.78. The van der Waals surface area contributed by atoms with Gasteiger partial charge in [-0.2, -0.15) is 9.55 Å². The number of aliphatic carboxylic acids is 1. The van der Waals surface area contributed by atoms with E-state index < -0.39 is 41.0 Å². The summed E-state index contributed by atoms with van der Waals surface area (Å²) in [7, 11) is 0. The van der Waals surface area contributed by atoms with Gasteiger partial charge in [0, 0.05) is 23.9 Å². The minimum absolute atomic E-state index is 0.116. The van der Waals surface area contributed by atoms with Gasteiger partial charge in [0.25, 0.3) is 16.6 Å². The molecule has 0 saturated carbocycles. The van der Waals surface area contributed by atoms with Crippen molar-refractivity contribution in [3.63, 3.8) is 0 Å². The number of carbonyl (C=O) groups excluding carboxylic acids is 3. The standard InChI is InChI=1S/C22H20N8O7S2/c1-2-24-22(35)37-27-12(15-26-21(23)36-28-15)16(31)25-13-17(32)30-14(20(33)34)11(9-39-19(13)30)8-29-6-3-4-10-5-7-38-18(10)29/h3-7,13,19H,2,8-9H2,1H3,(H4-,23,24,25,26,28,31,33,34,35)/p+1/b27-12-/t13?,19-/m1/s1. The second kappa shape index (κ2) is 10.7. The van der Waals surface area contributed by atoms with E-state index in [-0.39, 0.29) is 30.6 Å². The summed E-state index contributed by atoms with van der Waals surface area (Å²) in [5.74, 6) is -2.87. The number of carbonyl (C=O) groups is 4. The quantitative estimate of drug-likeness (QED) is 0.0930. The first-order chi connectivity index (χ1) is 18.8. The third kappa shape index (κ3) is 5.00. The molecule has 2 aliphatic rings. The Morgan fingerprint density at radius 1 is 1.38 bits per heavy atom. The number of hydrogen-bond acceptors (Lipinski definition) is 12. The zero-order chi connectivity index (χ0) is 27.7. The number of anilines is 1. The highest BCUT2D eigenvalue weighted by Crippen LogP contribution is 2.40. The van der Waals surface area contributed by atoms with Crippen LogP contribution in [0.1, 0.15) is 12.7 Å². The first kappa shape index (κ1) is 26.1. The lowest BCUT2D eigenvalue weighted by Crippen LogP contribution is -2.71. The fraction of sp³-hybridized carbons (Fsp3) is 0.273. The van der Waals surface area contributed by atoms with Crippen molar-refractivity contribution >= 4 is 68.9 Å². The second-order valence-corrected chi connectivity index (χ2v) is 10.2. The Morgan fingerprint density at radius 3 is 2.92 bits per heavy atom. The number of nitrogens with zero attached hydrogens (tertiary/aromatic N) is 5. The van der Waals surface area contributed by atoms with E-state index in [9.17, 15) is 24.3 Å². The van der Waals surface area contributed by atoms with Crippen LogP contribution in [0.15, 0.2) is 50.7 Å². The number of pyridine rings is 1. The maximum absolute atomic E-state index is 13.1. The topological polar surface area (TPSA) is 206 Å². The highest BCUT2D eigenvalue weighted by Gasteiger charge is 2.55. The van der Waals surface area contributed by atoms with E-state index >= 15 is 0 Å². The SMILES string of the molecule is CCNC(=O)O/N=C(\C(=O)NC1C(=O)N2C(C(=O)O)=C(C[n+]3cccc4ccsc43)CS[C@H]12)c1noc(N)n1. The van der Waals surface area contributed by atoms with Crippen molar-refractivity contribution < 1.29 is 38.2 Å². The molecule has 0 radical (unpaired) electrons. The second-order valence-electron chi connectivity index (χ2n) is 8.24. The number of nitrogens with two attached hydrogens (primary N) is 1. The number of oxime groups is 1. The van der Waals surface area contributed by atoms with E-state index in [1.807, 2.05) is 34.3 Å². The molecule has 1 unspecified atom stereocenters. The van der Waals surface area contributed by atoms with Crippen LogP contribution in [0.4, 0.5) is 10.8 Å². The number of aromatic nitrogens is 3. The smallest absolute Gasteiger partial charge is 0.433 e. The number of rotatable bonds is 8. The molecule has 5 rings (SSSR count). The Bertz CT molecular complexity index is 1550. The molecule has 3 amide bonds. The summed E-state index contributed by atoms with van der Waals surface area (Å²) in [6.45, 7) is 2.19. The number of nitrogens with one attached hydrogen (secondary N) is 2. The van der Waals surface area contributed by atoms with Crippen molar-refractivity contribution in [2.45, 2.75) is 24.9 Å². The van der Waals surface area contributed by atoms with E-state index in [0.717, 1.165) is 10.2 Å². The largest absolute Gasteiger partial charge is 0.477 e. The van der Waals surface area contributed by atoms with E-state index in [1.165, 1.54) is 28.0 Å². The van der Waals surface area contributed by atoms with Crippen LogP contribution in [0.3, 0.4) is 0 Å². The van der Waals surface area contributed by atoms with Gasteiger partial charge in [0.15, 0.2) is 12.7 Å². The van der Waals surface area contributed by atoms with E-state index in [1.54, 1.807) is 6.92 Å². The average molecular weight is 574 g/mol. The molecule has 3 aromatic rings. The summed E-state index contributed by atoms with van der Waals surface area (Å²) < 4.78 is 6.61. The highest BCUT2D eigenvalue weighted by atomic mass is 32.2. The van der Waals surface area contributed by atoms with Gasteiger partial charge in [-0.3, -0.25) is 19.3 Å². The third-order valence-corrected chi connectivity index (χ3v) is 8.09. The summed E-state index contributed by atoms with van der Waals surface area (Å²) in [4.78, 5) is 60.6. The molecule has 39 heavy (non-hydrogen) atoms. The molecular formula is C22H21N8O7S2+. The van der Waals surface area contributed by atoms with Crippen LogP contribution in [0, 0.1) is 0 Å². The van der Waals surface area contributed by atoms with Gasteiger partial charge >= 0.3 is 18.1 Å². The minimum atomic E-state index is -1.24. The Kier molecular flexibility index (Phi) is 7.16. The Labute approximate surface area is 227 Å². The zero-order valence-electron chi connectivity index (χ0n) is 20.2. The van der Waals surface area contributed by atoms with Gasteiger partial charge in [0.1, 0.15) is 17.1 Å². The molecule has 2 aliphatic heterocycles. The van der Waals surface area contributed by atoms with Gasteiger partial charge in [0.05, 0.1) is 5.39 Å². The molecule has 3 aromatic heterocycles. The molecule has 5 N–H and O–H groups in total. The lowest BCUT2D eigenvalue weighted by atomic mass is 10.0. The molecule has 1 saturated heterocycles. The van der Waals surface area contributed by atoms with Crippen molar-refractivity contribution in [2.24, 2.45) is 5.16 Å². The van der Waals surface area contributed by atoms with Gasteiger partial charge in [-0.25, -0.2) is 9.59 Å². The van der Waals surface area contributed by atoms with E-state index in [0.29, 0.717) is 11.3 Å². The Balaban J connectivity index is 1.36. The summed E-state index contributed by atoms with van der Waals surface area (Å²) >= 11 is 2.85. The van der Waals surface area contributed by atoms with Crippen molar-refractivity contribution in [3.05, 3.63) is 46.9 Å². The fourth-order valence-corrected chi connectivity index (χ4v) is 6.33. The van der Waals surface area contributed by atoms with Crippen LogP contribution in [0.25, 0.3) is 10.2 Å². The molecular weight excluding hydrogens is 552 g/mol. The van der Waals surface area contributed by atoms with Gasteiger partial charge in [-0.15, -0.1) is 11.8 Å². The van der Waals surface area contributed by atoms with Crippen molar-refractivity contribution in [2.75, 3.05) is 18.0 Å². The van der Waals surface area contributed by atoms with Crippen molar-refractivity contribution in [3.8, 4) is 0 Å². The highest BCUT2D eigenvalue weighted by molar-refractivity contribution is 8.00. The Hall–Kier alpha value is -4.51. The normalized spacial score (nSPS) is 18.9. The first-order valence-electron chi connectivity index (χ1n) is 11.5. The van der Waals surface area contributed by atoms with E-state index in [2.05, 4.69) is 35.3 Å². The molecule has 0 bridgehead atoms. The number of amides is 3. The molecule has 0 aromatic carbocycles. The van der Waals surface area contributed by atoms with Crippen molar-refractivity contribution in [1.82, 2.24) is 25.7 Å². The number of carboxylic acid groups (broad SMARTS) is 1. The zero-order valence-corrected chi connectivity index (χ0v) is 21.8. The molecule has 15 nitrogen and oxygen atoms in total. The van der Waals surface area contributed by atoms with Crippen LogP contribution in [-0.4, -0.2) is 73.4 Å². The molecule has 1 fully saturated rings. The molecule has 0 spiro atoms. The van der Waals surface area contributed by atoms with Crippen LogP contribution in [0.5, 0.6) is 0 Å². The number of thioether (sulfide) groups is 1. The molecule has 202 valence electrons. The average Bonchev–Trinajstić information content (AvgIpc) is 3.56. The van der Waals surface area contributed by atoms with Gasteiger partial charge in [-0.05, 0) is 24.4 Å². The number of hydrogen-bond donors (Lipinski definition) is 4. The Morgan fingerprint density at radius 2 is 2.21 bits per heavy atom. The number of thiophene rings is 1. The van der Waals surface area contributed by atoms with Gasteiger partial charge in [-0.1, -0.05) is 21.6 Å². The van der Waals surface area contributed by atoms with Crippen LogP contribution in [-0.2, 0) is 25.8 Å². The van der Waals surface area contributed by atoms with Crippen LogP contribution < -0.4 is 20.9 Å². The summed E-state index contributed by atoms with van der Waals surface area (Å²) in [6, 6.07) is 4.38. The minimum Gasteiger partial charge on any atom is -0.477 e.